The summed E-state index contributed by atoms with van der Waals surface area (Å²) in [6.07, 6.45) is 0. The fourth-order valence-electron chi connectivity index (χ4n) is 3.70. The molecule has 9 heteroatoms. The van der Waals surface area contributed by atoms with Gasteiger partial charge in [0.15, 0.2) is 0 Å². The lowest BCUT2D eigenvalue weighted by Crippen LogP contribution is -2.29. The zero-order chi connectivity index (χ0) is 23.7. The molecule has 1 heterocycles. The van der Waals surface area contributed by atoms with Gasteiger partial charge in [-0.25, -0.2) is 4.39 Å². The van der Waals surface area contributed by atoms with Crippen LogP contribution < -0.4 is 9.64 Å². The summed E-state index contributed by atoms with van der Waals surface area (Å²) < 4.78 is 18.5. The van der Waals surface area contributed by atoms with E-state index < -0.39 is 34.2 Å². The predicted octanol–water partition coefficient (Wildman–Crippen LogP) is 4.37. The highest BCUT2D eigenvalue weighted by Crippen LogP contribution is 2.42. The third-order valence-electron chi connectivity index (χ3n) is 5.33. The van der Waals surface area contributed by atoms with E-state index in [1.54, 1.807) is 24.3 Å². The van der Waals surface area contributed by atoms with Crippen molar-refractivity contribution in [2.24, 2.45) is 0 Å². The molecule has 1 saturated heterocycles. The maximum atomic E-state index is 13.4. The molecule has 1 aliphatic rings. The number of carbonyl (C=O) groups excluding carboxylic acids is 2. The lowest BCUT2D eigenvalue weighted by Gasteiger charge is -2.25. The van der Waals surface area contributed by atoms with Crippen LogP contribution in [0.1, 0.15) is 17.2 Å². The van der Waals surface area contributed by atoms with Gasteiger partial charge in [0, 0.05) is 23.4 Å². The number of anilines is 1. The van der Waals surface area contributed by atoms with Gasteiger partial charge in [-0.3, -0.25) is 24.6 Å². The highest BCUT2D eigenvalue weighted by Gasteiger charge is 2.47. The lowest BCUT2D eigenvalue weighted by molar-refractivity contribution is -0.384. The van der Waals surface area contributed by atoms with Gasteiger partial charge in [-0.05, 0) is 66.2 Å². The molecule has 0 unspecified atom stereocenters. The number of aliphatic hydroxyl groups is 1. The number of non-ortho nitro benzene ring substituents is 1. The van der Waals surface area contributed by atoms with Crippen LogP contribution in [0.3, 0.4) is 0 Å². The molecule has 1 aliphatic heterocycles. The second kappa shape index (κ2) is 8.54. The number of hydrogen-bond acceptors (Lipinski definition) is 6. The van der Waals surface area contributed by atoms with Crippen molar-refractivity contribution in [2.45, 2.75) is 6.04 Å². The van der Waals surface area contributed by atoms with Gasteiger partial charge in [-0.2, -0.15) is 0 Å². The van der Waals surface area contributed by atoms with Crippen molar-refractivity contribution in [3.05, 3.63) is 105 Å². The Morgan fingerprint density at radius 1 is 1.00 bits per heavy atom. The van der Waals surface area contributed by atoms with E-state index >= 15 is 0 Å². The first-order valence-electron chi connectivity index (χ1n) is 9.77. The first kappa shape index (κ1) is 21.7. The van der Waals surface area contributed by atoms with Crippen molar-refractivity contribution in [1.29, 1.82) is 0 Å². The zero-order valence-electron chi connectivity index (χ0n) is 17.3. The molecular formula is C24H17FN2O6. The largest absolute Gasteiger partial charge is 0.507 e. The number of Topliss-reactive ketones (excluding diaryl/α,β-unsaturated/α-hetero) is 1. The molecule has 1 amide bonds. The van der Waals surface area contributed by atoms with Gasteiger partial charge in [-0.1, -0.05) is 0 Å². The molecule has 1 N–H and O–H groups in total. The molecule has 3 aromatic rings. The standard InChI is InChI=1S/C24H17FN2O6/c1-33-19-12-10-17(11-13-19)26-21(14-4-8-18(9-5-14)27(31)32)20(23(29)24(26)30)22(28)15-2-6-16(25)7-3-15/h2-13,21,28H,1H3/t21-/m1/s1. The van der Waals surface area contributed by atoms with Crippen molar-refractivity contribution < 1.29 is 28.7 Å². The number of halogens is 1. The molecule has 0 bridgehead atoms. The topological polar surface area (TPSA) is 110 Å². The average Bonchev–Trinajstić information content (AvgIpc) is 3.09. The maximum absolute atomic E-state index is 13.4. The number of carbonyl (C=O) groups is 2. The van der Waals surface area contributed by atoms with Crippen LogP contribution in [0.5, 0.6) is 5.75 Å². The molecule has 0 aromatic heterocycles. The van der Waals surface area contributed by atoms with Crippen LogP contribution in [0.4, 0.5) is 15.8 Å². The predicted molar refractivity (Wildman–Crippen MR) is 117 cm³/mol. The van der Waals surface area contributed by atoms with Crippen molar-refractivity contribution in [3.63, 3.8) is 0 Å². The molecular weight excluding hydrogens is 431 g/mol. The Labute approximate surface area is 187 Å². The van der Waals surface area contributed by atoms with Crippen LogP contribution in [0.25, 0.3) is 5.76 Å². The van der Waals surface area contributed by atoms with E-state index in [0.29, 0.717) is 17.0 Å². The molecule has 1 fully saturated rings. The quantitative estimate of drug-likeness (QED) is 0.204. The SMILES string of the molecule is COc1ccc(N2C(=O)C(=O)C(=C(O)c3ccc(F)cc3)[C@H]2c2ccc([N+](=O)[O-])cc2)cc1. The van der Waals surface area contributed by atoms with Crippen molar-refractivity contribution in [1.82, 2.24) is 0 Å². The van der Waals surface area contributed by atoms with Gasteiger partial charge in [-0.15, -0.1) is 0 Å². The second-order valence-corrected chi connectivity index (χ2v) is 7.22. The number of nitrogens with zero attached hydrogens (tertiary/aromatic N) is 2. The first-order chi connectivity index (χ1) is 15.8. The first-order valence-corrected chi connectivity index (χ1v) is 9.77. The maximum Gasteiger partial charge on any atom is 0.300 e. The number of aliphatic hydroxyl groups excluding tert-OH is 1. The molecule has 0 spiro atoms. The van der Waals surface area contributed by atoms with E-state index in [4.69, 9.17) is 4.74 Å². The van der Waals surface area contributed by atoms with Crippen molar-refractivity contribution in [2.75, 3.05) is 12.0 Å². The second-order valence-electron chi connectivity index (χ2n) is 7.22. The number of nitro benzene ring substituents is 1. The fraction of sp³-hybridized carbons (Fsp3) is 0.0833. The summed E-state index contributed by atoms with van der Waals surface area (Å²) in [6.45, 7) is 0. The number of rotatable bonds is 5. The molecule has 8 nitrogen and oxygen atoms in total. The van der Waals surface area contributed by atoms with Crippen molar-refractivity contribution >= 4 is 28.8 Å². The zero-order valence-corrected chi connectivity index (χ0v) is 17.3. The molecule has 4 rings (SSSR count). The average molecular weight is 448 g/mol. The van der Waals surface area contributed by atoms with Crippen LogP contribution in [-0.2, 0) is 9.59 Å². The van der Waals surface area contributed by atoms with E-state index in [-0.39, 0.29) is 16.8 Å². The third kappa shape index (κ3) is 3.91. The van der Waals surface area contributed by atoms with E-state index in [1.165, 1.54) is 48.4 Å². The summed E-state index contributed by atoms with van der Waals surface area (Å²) in [5.74, 6) is -2.29. The van der Waals surface area contributed by atoms with E-state index in [0.717, 1.165) is 12.1 Å². The molecule has 33 heavy (non-hydrogen) atoms. The van der Waals surface area contributed by atoms with Gasteiger partial charge in [0.25, 0.3) is 17.4 Å². The molecule has 0 radical (unpaired) electrons. The number of amides is 1. The van der Waals surface area contributed by atoms with E-state index in [2.05, 4.69) is 0 Å². The third-order valence-corrected chi connectivity index (χ3v) is 5.33. The summed E-state index contributed by atoms with van der Waals surface area (Å²) in [5, 5.41) is 22.0. The number of nitro groups is 1. The number of ether oxygens (including phenoxy) is 1. The summed E-state index contributed by atoms with van der Waals surface area (Å²) in [4.78, 5) is 37.8. The van der Waals surface area contributed by atoms with Crippen LogP contribution in [0, 0.1) is 15.9 Å². The highest BCUT2D eigenvalue weighted by molar-refractivity contribution is 6.51. The Kier molecular flexibility index (Phi) is 5.61. The van der Waals surface area contributed by atoms with Gasteiger partial charge in [0.05, 0.1) is 23.6 Å². The smallest absolute Gasteiger partial charge is 0.300 e. The van der Waals surface area contributed by atoms with Gasteiger partial charge in [0.2, 0.25) is 0 Å². The monoisotopic (exact) mass is 448 g/mol. The summed E-state index contributed by atoms with van der Waals surface area (Å²) in [6, 6.07) is 15.5. The minimum Gasteiger partial charge on any atom is -0.507 e. The Balaban J connectivity index is 1.91. The molecule has 0 aliphatic carbocycles. The molecule has 1 atom stereocenters. The number of methoxy groups -OCH3 is 1. The number of hydrogen-bond donors (Lipinski definition) is 1. The van der Waals surface area contributed by atoms with E-state index in [9.17, 15) is 29.2 Å². The molecule has 166 valence electrons. The van der Waals surface area contributed by atoms with Crippen LogP contribution >= 0.6 is 0 Å². The molecule has 0 saturated carbocycles. The van der Waals surface area contributed by atoms with Gasteiger partial charge in [0.1, 0.15) is 17.3 Å². The fourth-order valence-corrected chi connectivity index (χ4v) is 3.70. The Morgan fingerprint density at radius 2 is 1.61 bits per heavy atom. The van der Waals surface area contributed by atoms with Gasteiger partial charge >= 0.3 is 0 Å². The molecule has 3 aromatic carbocycles. The van der Waals surface area contributed by atoms with Gasteiger partial charge < -0.3 is 9.84 Å². The van der Waals surface area contributed by atoms with E-state index in [1.807, 2.05) is 0 Å². The normalized spacial score (nSPS) is 17.3. The van der Waals surface area contributed by atoms with Crippen LogP contribution in [-0.4, -0.2) is 28.8 Å². The van der Waals surface area contributed by atoms with Crippen LogP contribution in [0.2, 0.25) is 0 Å². The Bertz CT molecular complexity index is 1270. The number of ketones is 1. The summed E-state index contributed by atoms with van der Waals surface area (Å²) in [5.41, 5.74) is 0.504. The van der Waals surface area contributed by atoms with Crippen molar-refractivity contribution in [3.8, 4) is 5.75 Å². The minimum atomic E-state index is -1.07. The number of benzene rings is 3. The summed E-state index contributed by atoms with van der Waals surface area (Å²) in [7, 11) is 1.49. The Hall–Kier alpha value is -4.53. The highest BCUT2D eigenvalue weighted by atomic mass is 19.1. The van der Waals surface area contributed by atoms with Crippen LogP contribution in [0.15, 0.2) is 78.4 Å². The lowest BCUT2D eigenvalue weighted by atomic mass is 9.95. The minimum absolute atomic E-state index is 0.149. The Morgan fingerprint density at radius 3 is 2.15 bits per heavy atom. The summed E-state index contributed by atoms with van der Waals surface area (Å²) >= 11 is 0.